The summed E-state index contributed by atoms with van der Waals surface area (Å²) in [6, 6.07) is 8.82. The second kappa shape index (κ2) is 7.63. The van der Waals surface area contributed by atoms with Crippen LogP contribution in [0, 0.1) is 6.92 Å². The third kappa shape index (κ3) is 3.54. The lowest BCUT2D eigenvalue weighted by atomic mass is 9.99. The van der Waals surface area contributed by atoms with Gasteiger partial charge >= 0.3 is 0 Å². The monoisotopic (exact) mass is 377 g/mol. The van der Waals surface area contributed by atoms with Crippen LogP contribution in [0.4, 0.5) is 0 Å². The number of ether oxygens (including phenoxy) is 1. The number of methoxy groups -OCH3 is 1. The molecule has 0 aliphatic carbocycles. The first-order chi connectivity index (χ1) is 12.1. The zero-order valence-electron chi connectivity index (χ0n) is 14.9. The van der Waals surface area contributed by atoms with E-state index in [1.807, 2.05) is 31.2 Å². The maximum atomic E-state index is 12.6. The van der Waals surface area contributed by atoms with E-state index in [2.05, 4.69) is 20.9 Å². The number of benzene rings is 1. The van der Waals surface area contributed by atoms with E-state index in [9.17, 15) is 4.79 Å². The van der Waals surface area contributed by atoms with Gasteiger partial charge < -0.3 is 15.4 Å². The Kier molecular flexibility index (Phi) is 5.48. The molecule has 1 amide bonds. The van der Waals surface area contributed by atoms with Gasteiger partial charge in [-0.15, -0.1) is 17.5 Å². The van der Waals surface area contributed by atoms with Crippen molar-refractivity contribution in [2.45, 2.75) is 50.7 Å². The Morgan fingerprint density at radius 3 is 2.50 bits per heavy atom. The molecule has 2 atom stereocenters. The minimum atomic E-state index is -0.136. The molecule has 0 radical (unpaired) electrons. The van der Waals surface area contributed by atoms with Crippen molar-refractivity contribution in [2.75, 3.05) is 7.11 Å². The van der Waals surface area contributed by atoms with E-state index in [1.54, 1.807) is 11.8 Å². The average molecular weight is 378 g/mol. The number of rotatable bonds is 4. The number of amides is 1. The molecule has 2 unspecified atom stereocenters. The van der Waals surface area contributed by atoms with Gasteiger partial charge in [-0.1, -0.05) is 5.21 Å². The van der Waals surface area contributed by atoms with Gasteiger partial charge in [0.25, 0.3) is 5.91 Å². The molecular weight excluding hydrogens is 354 g/mol. The highest BCUT2D eigenvalue weighted by Gasteiger charge is 2.34. The van der Waals surface area contributed by atoms with Crippen molar-refractivity contribution in [1.29, 1.82) is 0 Å². The first-order valence-corrected chi connectivity index (χ1v) is 8.77. The van der Waals surface area contributed by atoms with Crippen LogP contribution in [0.2, 0.25) is 0 Å². The summed E-state index contributed by atoms with van der Waals surface area (Å²) >= 11 is 0. The Bertz CT molecular complexity index is 764. The minimum Gasteiger partial charge on any atom is -0.497 e. The molecule has 1 aromatic heterocycles. The SMILES string of the molecule is COc1ccc(-n2nnc(C(=O)NC3CC4CCC(C3)N4)c2C)cc1.Cl. The van der Waals surface area contributed by atoms with Gasteiger partial charge in [0.1, 0.15) is 5.75 Å². The molecular formula is C18H24ClN5O2. The number of carbonyl (C=O) groups excluding carboxylic acids is 1. The van der Waals surface area contributed by atoms with Gasteiger partial charge in [0.2, 0.25) is 0 Å². The number of hydrogen-bond acceptors (Lipinski definition) is 5. The zero-order valence-corrected chi connectivity index (χ0v) is 15.8. The van der Waals surface area contributed by atoms with E-state index in [1.165, 1.54) is 12.8 Å². The van der Waals surface area contributed by atoms with Crippen LogP contribution in [0.1, 0.15) is 41.9 Å². The smallest absolute Gasteiger partial charge is 0.273 e. The molecule has 2 fully saturated rings. The highest BCUT2D eigenvalue weighted by molar-refractivity contribution is 5.93. The summed E-state index contributed by atoms with van der Waals surface area (Å²) in [6.07, 6.45) is 4.41. The molecule has 140 valence electrons. The lowest BCUT2D eigenvalue weighted by Crippen LogP contribution is -2.48. The van der Waals surface area contributed by atoms with E-state index in [4.69, 9.17) is 4.74 Å². The normalized spacial score (nSPS) is 24.0. The number of fused-ring (bicyclic) bond motifs is 2. The number of carbonyl (C=O) groups is 1. The van der Waals surface area contributed by atoms with Crippen molar-refractivity contribution in [2.24, 2.45) is 0 Å². The summed E-state index contributed by atoms with van der Waals surface area (Å²) in [5.41, 5.74) is 1.98. The summed E-state index contributed by atoms with van der Waals surface area (Å²) in [5, 5.41) is 15.0. The molecule has 1 aromatic carbocycles. The van der Waals surface area contributed by atoms with Crippen molar-refractivity contribution in [3.05, 3.63) is 35.7 Å². The molecule has 26 heavy (non-hydrogen) atoms. The largest absolute Gasteiger partial charge is 0.497 e. The van der Waals surface area contributed by atoms with Crippen LogP contribution < -0.4 is 15.4 Å². The molecule has 2 aliphatic rings. The van der Waals surface area contributed by atoms with Crippen LogP contribution in [-0.4, -0.2) is 46.1 Å². The quantitative estimate of drug-likeness (QED) is 0.852. The van der Waals surface area contributed by atoms with Gasteiger partial charge in [-0.25, -0.2) is 4.68 Å². The Hall–Kier alpha value is -2.12. The number of halogens is 1. The molecule has 8 heteroatoms. The molecule has 2 aromatic rings. The molecule has 3 heterocycles. The fraction of sp³-hybridized carbons (Fsp3) is 0.500. The summed E-state index contributed by atoms with van der Waals surface area (Å²) < 4.78 is 6.85. The number of piperidine rings is 1. The number of hydrogen-bond donors (Lipinski definition) is 2. The van der Waals surface area contributed by atoms with Gasteiger partial charge in [-0.3, -0.25) is 4.79 Å². The van der Waals surface area contributed by atoms with Gasteiger partial charge in [0.05, 0.1) is 18.5 Å². The molecule has 2 aliphatic heterocycles. The maximum absolute atomic E-state index is 12.6. The van der Waals surface area contributed by atoms with Gasteiger partial charge in [0.15, 0.2) is 5.69 Å². The summed E-state index contributed by atoms with van der Waals surface area (Å²) in [5.74, 6) is 0.642. The second-order valence-electron chi connectivity index (χ2n) is 6.91. The van der Waals surface area contributed by atoms with Crippen LogP contribution in [0.15, 0.2) is 24.3 Å². The van der Waals surface area contributed by atoms with Crippen molar-refractivity contribution >= 4 is 18.3 Å². The maximum Gasteiger partial charge on any atom is 0.273 e. The average Bonchev–Trinajstić information content (AvgIpc) is 3.17. The van der Waals surface area contributed by atoms with Crippen molar-refractivity contribution in [1.82, 2.24) is 25.6 Å². The number of nitrogens with one attached hydrogen (secondary N) is 2. The zero-order chi connectivity index (χ0) is 17.4. The molecule has 7 nitrogen and oxygen atoms in total. The van der Waals surface area contributed by atoms with Crippen LogP contribution in [-0.2, 0) is 0 Å². The number of aromatic nitrogens is 3. The van der Waals surface area contributed by atoms with E-state index >= 15 is 0 Å². The van der Waals surface area contributed by atoms with Crippen LogP contribution in [0.25, 0.3) is 5.69 Å². The standard InChI is InChI=1S/C18H23N5O2.ClH/c1-11-17(18(24)20-14-9-12-3-4-13(10-14)19-12)21-22-23(11)15-5-7-16(25-2)8-6-15;/h5-8,12-14,19H,3-4,9-10H2,1-2H3,(H,20,24);1H. The predicted octanol–water partition coefficient (Wildman–Crippen LogP) is 2.02. The van der Waals surface area contributed by atoms with Crippen molar-refractivity contribution in [3.8, 4) is 11.4 Å². The topological polar surface area (TPSA) is 81.1 Å². The predicted molar refractivity (Wildman–Crippen MR) is 100 cm³/mol. The fourth-order valence-corrected chi connectivity index (χ4v) is 3.94. The second-order valence-corrected chi connectivity index (χ2v) is 6.91. The number of nitrogens with zero attached hydrogens (tertiary/aromatic N) is 3. The molecule has 0 spiro atoms. The first-order valence-electron chi connectivity index (χ1n) is 8.77. The molecule has 4 rings (SSSR count). The van der Waals surface area contributed by atoms with Crippen molar-refractivity contribution < 1.29 is 9.53 Å². The highest BCUT2D eigenvalue weighted by atomic mass is 35.5. The Morgan fingerprint density at radius 1 is 1.23 bits per heavy atom. The van der Waals surface area contributed by atoms with Crippen LogP contribution in [0.3, 0.4) is 0 Å². The Labute approximate surface area is 158 Å². The molecule has 2 N–H and O–H groups in total. The Morgan fingerprint density at radius 2 is 1.88 bits per heavy atom. The lowest BCUT2D eigenvalue weighted by Gasteiger charge is -2.29. The summed E-state index contributed by atoms with van der Waals surface area (Å²) in [7, 11) is 1.63. The summed E-state index contributed by atoms with van der Waals surface area (Å²) in [6.45, 7) is 1.87. The van der Waals surface area contributed by atoms with E-state index in [0.29, 0.717) is 17.8 Å². The van der Waals surface area contributed by atoms with Gasteiger partial charge in [-0.05, 0) is 56.9 Å². The summed E-state index contributed by atoms with van der Waals surface area (Å²) in [4.78, 5) is 12.6. The minimum absolute atomic E-state index is 0. The van der Waals surface area contributed by atoms with Crippen LogP contribution >= 0.6 is 12.4 Å². The third-order valence-electron chi connectivity index (χ3n) is 5.23. The molecule has 2 bridgehead atoms. The first kappa shape index (κ1) is 18.7. The van der Waals surface area contributed by atoms with Gasteiger partial charge in [0, 0.05) is 18.1 Å². The highest BCUT2D eigenvalue weighted by Crippen LogP contribution is 2.27. The Balaban J connectivity index is 0.00000196. The van der Waals surface area contributed by atoms with Crippen molar-refractivity contribution in [3.63, 3.8) is 0 Å². The molecule has 0 saturated carbocycles. The fourth-order valence-electron chi connectivity index (χ4n) is 3.94. The third-order valence-corrected chi connectivity index (χ3v) is 5.23. The van der Waals surface area contributed by atoms with E-state index in [0.717, 1.165) is 30.0 Å². The molecule has 2 saturated heterocycles. The van der Waals surface area contributed by atoms with E-state index < -0.39 is 0 Å². The van der Waals surface area contributed by atoms with Gasteiger partial charge in [-0.2, -0.15) is 0 Å². The van der Waals surface area contributed by atoms with E-state index in [-0.39, 0.29) is 24.4 Å². The van der Waals surface area contributed by atoms with Crippen LogP contribution in [0.5, 0.6) is 5.75 Å². The lowest BCUT2D eigenvalue weighted by molar-refractivity contribution is 0.0918.